The lowest BCUT2D eigenvalue weighted by atomic mass is 10.2. The average molecular weight is 182 g/mol. The summed E-state index contributed by atoms with van der Waals surface area (Å²) in [5.74, 6) is 0. The Morgan fingerprint density at radius 1 is 1.15 bits per heavy atom. The van der Waals surface area contributed by atoms with Crippen LogP contribution in [0.25, 0.3) is 0 Å². The molecule has 0 aliphatic carbocycles. The Morgan fingerprint density at radius 2 is 1.77 bits per heavy atom. The molecule has 0 aromatic heterocycles. The molecule has 0 saturated heterocycles. The van der Waals surface area contributed by atoms with Gasteiger partial charge >= 0.3 is 0 Å². The summed E-state index contributed by atoms with van der Waals surface area (Å²) in [6.45, 7) is 5.09. The number of aliphatic hydroxyl groups excluding tert-OH is 1. The highest BCUT2D eigenvalue weighted by molar-refractivity contribution is 5.13. The van der Waals surface area contributed by atoms with Gasteiger partial charge in [-0.3, -0.25) is 0 Å². The predicted octanol–water partition coefficient (Wildman–Crippen LogP) is 2.22. The van der Waals surface area contributed by atoms with Gasteiger partial charge in [-0.25, -0.2) is 0 Å². The maximum absolute atomic E-state index is 8.42. The second kappa shape index (κ2) is 9.23. The Kier molecular flexibility index (Phi) is 8.62. The van der Waals surface area contributed by atoms with Crippen LogP contribution >= 0.6 is 0 Å². The van der Waals surface area contributed by atoms with Crippen LogP contribution in [0, 0.1) is 0 Å². The Morgan fingerprint density at radius 3 is 2.31 bits per heavy atom. The van der Waals surface area contributed by atoms with Crippen molar-refractivity contribution in [2.45, 2.75) is 20.5 Å². The molecule has 0 heterocycles. The fourth-order valence-corrected chi connectivity index (χ4v) is 0.829. The first kappa shape index (κ1) is 12.1. The van der Waals surface area contributed by atoms with Gasteiger partial charge in [0.05, 0.1) is 19.8 Å². The van der Waals surface area contributed by atoms with Crippen LogP contribution in [0.15, 0.2) is 30.3 Å². The largest absolute Gasteiger partial charge is 0.394 e. The number of ether oxygens (including phenoxy) is 1. The topological polar surface area (TPSA) is 29.5 Å². The standard InChI is InChI=1S/C9H12O2.C2H6/c10-6-7-11-8-9-4-2-1-3-5-9;1-2/h1-5,10H,6-8H2;1-2H3. The van der Waals surface area contributed by atoms with E-state index in [0.29, 0.717) is 13.2 Å². The number of benzene rings is 1. The molecule has 0 atom stereocenters. The molecule has 0 spiro atoms. The first-order valence-corrected chi connectivity index (χ1v) is 4.66. The SMILES string of the molecule is CC.OCCOCc1ccccc1. The molecule has 13 heavy (non-hydrogen) atoms. The smallest absolute Gasteiger partial charge is 0.0718 e. The second-order valence-electron chi connectivity index (χ2n) is 2.26. The van der Waals surface area contributed by atoms with E-state index in [1.165, 1.54) is 0 Å². The van der Waals surface area contributed by atoms with Gasteiger partial charge in [-0.05, 0) is 5.56 Å². The summed E-state index contributed by atoms with van der Waals surface area (Å²) in [5, 5.41) is 8.42. The molecular formula is C11H18O2. The molecule has 0 fully saturated rings. The lowest BCUT2D eigenvalue weighted by Gasteiger charge is -2.00. The van der Waals surface area contributed by atoms with E-state index in [1.54, 1.807) is 0 Å². The summed E-state index contributed by atoms with van der Waals surface area (Å²) in [6, 6.07) is 9.90. The van der Waals surface area contributed by atoms with E-state index < -0.39 is 0 Å². The van der Waals surface area contributed by atoms with Crippen molar-refractivity contribution in [2.24, 2.45) is 0 Å². The van der Waals surface area contributed by atoms with Crippen LogP contribution in [0.3, 0.4) is 0 Å². The third-order valence-electron chi connectivity index (χ3n) is 1.35. The zero-order valence-electron chi connectivity index (χ0n) is 8.36. The van der Waals surface area contributed by atoms with Crippen LogP contribution < -0.4 is 0 Å². The Labute approximate surface area is 80.2 Å². The van der Waals surface area contributed by atoms with Gasteiger partial charge in [0.25, 0.3) is 0 Å². The zero-order valence-corrected chi connectivity index (χ0v) is 8.36. The molecule has 0 saturated carbocycles. The molecule has 0 radical (unpaired) electrons. The molecule has 1 rings (SSSR count). The van der Waals surface area contributed by atoms with E-state index in [9.17, 15) is 0 Å². The Bertz CT molecular complexity index is 185. The highest BCUT2D eigenvalue weighted by atomic mass is 16.5. The normalized spacial score (nSPS) is 8.85. The lowest BCUT2D eigenvalue weighted by molar-refractivity contribution is 0.0815. The van der Waals surface area contributed by atoms with E-state index in [-0.39, 0.29) is 6.61 Å². The number of aliphatic hydroxyl groups is 1. The minimum absolute atomic E-state index is 0.0901. The number of hydrogen-bond donors (Lipinski definition) is 1. The Hall–Kier alpha value is -0.860. The minimum atomic E-state index is 0.0901. The van der Waals surface area contributed by atoms with Crippen LogP contribution in [0.1, 0.15) is 19.4 Å². The van der Waals surface area contributed by atoms with Gasteiger partial charge in [0, 0.05) is 0 Å². The molecule has 0 bridgehead atoms. The summed E-state index contributed by atoms with van der Waals surface area (Å²) < 4.78 is 5.12. The fraction of sp³-hybridized carbons (Fsp3) is 0.455. The third kappa shape index (κ3) is 6.31. The monoisotopic (exact) mass is 182 g/mol. The minimum Gasteiger partial charge on any atom is -0.394 e. The van der Waals surface area contributed by atoms with Crippen molar-refractivity contribution < 1.29 is 9.84 Å². The summed E-state index contributed by atoms with van der Waals surface area (Å²) >= 11 is 0. The van der Waals surface area contributed by atoms with E-state index >= 15 is 0 Å². The first-order chi connectivity index (χ1) is 6.43. The van der Waals surface area contributed by atoms with E-state index in [2.05, 4.69) is 0 Å². The van der Waals surface area contributed by atoms with Crippen LogP contribution in [-0.2, 0) is 11.3 Å². The van der Waals surface area contributed by atoms with Gasteiger partial charge < -0.3 is 9.84 Å². The molecule has 74 valence electrons. The number of hydrogen-bond acceptors (Lipinski definition) is 2. The van der Waals surface area contributed by atoms with Gasteiger partial charge in [0.1, 0.15) is 0 Å². The van der Waals surface area contributed by atoms with Gasteiger partial charge in [0.15, 0.2) is 0 Å². The van der Waals surface area contributed by atoms with E-state index in [1.807, 2.05) is 44.2 Å². The van der Waals surface area contributed by atoms with Gasteiger partial charge in [-0.15, -0.1) is 0 Å². The van der Waals surface area contributed by atoms with Crippen LogP contribution in [0.4, 0.5) is 0 Å². The van der Waals surface area contributed by atoms with Crippen molar-refractivity contribution >= 4 is 0 Å². The molecule has 1 aromatic carbocycles. The first-order valence-electron chi connectivity index (χ1n) is 4.66. The fourth-order valence-electron chi connectivity index (χ4n) is 0.829. The summed E-state index contributed by atoms with van der Waals surface area (Å²) in [7, 11) is 0. The maximum atomic E-state index is 8.42. The molecule has 0 amide bonds. The highest BCUT2D eigenvalue weighted by Crippen LogP contribution is 1.99. The second-order valence-corrected chi connectivity index (χ2v) is 2.26. The Balaban J connectivity index is 0.000000671. The molecule has 0 aliphatic rings. The van der Waals surface area contributed by atoms with Crippen LogP contribution in [0.5, 0.6) is 0 Å². The van der Waals surface area contributed by atoms with Crippen molar-refractivity contribution in [3.05, 3.63) is 35.9 Å². The molecule has 0 aliphatic heterocycles. The molecular weight excluding hydrogens is 164 g/mol. The van der Waals surface area contributed by atoms with Gasteiger partial charge in [0.2, 0.25) is 0 Å². The number of rotatable bonds is 4. The molecule has 1 N–H and O–H groups in total. The molecule has 2 heteroatoms. The molecule has 1 aromatic rings. The van der Waals surface area contributed by atoms with Crippen molar-refractivity contribution in [1.82, 2.24) is 0 Å². The highest BCUT2D eigenvalue weighted by Gasteiger charge is 1.88. The van der Waals surface area contributed by atoms with Gasteiger partial charge in [-0.1, -0.05) is 44.2 Å². The van der Waals surface area contributed by atoms with Crippen molar-refractivity contribution in [3.8, 4) is 0 Å². The van der Waals surface area contributed by atoms with E-state index in [4.69, 9.17) is 9.84 Å². The van der Waals surface area contributed by atoms with Crippen molar-refractivity contribution in [3.63, 3.8) is 0 Å². The van der Waals surface area contributed by atoms with Crippen LogP contribution in [-0.4, -0.2) is 18.3 Å². The van der Waals surface area contributed by atoms with Crippen LogP contribution in [0.2, 0.25) is 0 Å². The quantitative estimate of drug-likeness (QED) is 0.723. The summed E-state index contributed by atoms with van der Waals surface area (Å²) in [6.07, 6.45) is 0. The van der Waals surface area contributed by atoms with E-state index in [0.717, 1.165) is 5.56 Å². The lowest BCUT2D eigenvalue weighted by Crippen LogP contribution is -1.98. The van der Waals surface area contributed by atoms with Crippen molar-refractivity contribution in [2.75, 3.05) is 13.2 Å². The average Bonchev–Trinajstić information content (AvgIpc) is 2.23. The predicted molar refractivity (Wildman–Crippen MR) is 54.5 cm³/mol. The molecule has 2 nitrogen and oxygen atoms in total. The summed E-state index contributed by atoms with van der Waals surface area (Å²) in [5.41, 5.74) is 1.14. The third-order valence-corrected chi connectivity index (χ3v) is 1.35. The molecule has 0 unspecified atom stereocenters. The maximum Gasteiger partial charge on any atom is 0.0718 e. The van der Waals surface area contributed by atoms with Crippen molar-refractivity contribution in [1.29, 1.82) is 0 Å². The van der Waals surface area contributed by atoms with Gasteiger partial charge in [-0.2, -0.15) is 0 Å². The summed E-state index contributed by atoms with van der Waals surface area (Å²) in [4.78, 5) is 0. The zero-order chi connectivity index (χ0) is 9.94.